The lowest BCUT2D eigenvalue weighted by atomic mass is 9.83. The molecule has 0 saturated heterocycles. The van der Waals surface area contributed by atoms with Gasteiger partial charge in [0.2, 0.25) is 11.8 Å². The van der Waals surface area contributed by atoms with Crippen molar-refractivity contribution in [1.29, 1.82) is 0 Å². The zero-order chi connectivity index (χ0) is 15.2. The van der Waals surface area contributed by atoms with Gasteiger partial charge in [0.15, 0.2) is 0 Å². The highest BCUT2D eigenvalue weighted by Crippen LogP contribution is 2.23. The highest BCUT2D eigenvalue weighted by Gasteiger charge is 2.30. The fourth-order valence-electron chi connectivity index (χ4n) is 2.69. The van der Waals surface area contributed by atoms with Crippen LogP contribution in [-0.4, -0.2) is 41.8 Å². The maximum absolute atomic E-state index is 12.1. The number of ether oxygens (including phenoxy) is 1. The summed E-state index contributed by atoms with van der Waals surface area (Å²) in [5, 5.41) is 12.5. The first-order chi connectivity index (χ1) is 10.1. The second-order valence-corrected chi connectivity index (χ2v) is 5.45. The Balaban J connectivity index is 1.79. The third-order valence-corrected chi connectivity index (χ3v) is 3.97. The molecule has 0 radical (unpaired) electrons. The van der Waals surface area contributed by atoms with E-state index in [4.69, 9.17) is 10.5 Å². The van der Waals surface area contributed by atoms with Crippen LogP contribution in [0.2, 0.25) is 0 Å². The number of aliphatic hydroxyl groups is 1. The molecule has 2 rings (SSSR count). The van der Waals surface area contributed by atoms with E-state index in [0.717, 1.165) is 5.56 Å². The van der Waals surface area contributed by atoms with Gasteiger partial charge in [-0.1, -0.05) is 6.07 Å². The third-order valence-electron chi connectivity index (χ3n) is 3.97. The van der Waals surface area contributed by atoms with E-state index < -0.39 is 6.10 Å². The largest absolute Gasteiger partial charge is 0.481 e. The van der Waals surface area contributed by atoms with Crippen LogP contribution in [0.1, 0.15) is 24.8 Å². The quantitative estimate of drug-likeness (QED) is 0.722. The first-order valence-electron chi connectivity index (χ1n) is 7.31. The summed E-state index contributed by atoms with van der Waals surface area (Å²) in [6, 6.07) is 3.49. The Hall–Kier alpha value is -1.66. The number of amides is 1. The molecule has 1 amide bonds. The van der Waals surface area contributed by atoms with E-state index in [1.165, 1.54) is 0 Å². The van der Waals surface area contributed by atoms with Crippen LogP contribution in [0, 0.1) is 5.92 Å². The molecule has 1 heterocycles. The molecule has 1 saturated carbocycles. The van der Waals surface area contributed by atoms with E-state index in [1.54, 1.807) is 13.3 Å². The second kappa shape index (κ2) is 7.38. The van der Waals surface area contributed by atoms with Gasteiger partial charge in [-0.25, -0.2) is 4.98 Å². The third kappa shape index (κ3) is 4.15. The maximum Gasteiger partial charge on any atom is 0.223 e. The number of hydrogen-bond acceptors (Lipinski definition) is 5. The number of pyridine rings is 1. The molecule has 3 atom stereocenters. The summed E-state index contributed by atoms with van der Waals surface area (Å²) in [5.74, 6) is 0.508. The summed E-state index contributed by atoms with van der Waals surface area (Å²) < 4.78 is 5.18. The molecular weight excluding hydrogens is 270 g/mol. The number of rotatable bonds is 5. The number of hydrogen-bond donors (Lipinski definition) is 3. The Bertz CT molecular complexity index is 481. The van der Waals surface area contributed by atoms with Crippen molar-refractivity contribution in [3.05, 3.63) is 23.9 Å². The molecule has 1 aromatic rings. The van der Waals surface area contributed by atoms with Gasteiger partial charge in [0.1, 0.15) is 0 Å². The number of nitrogens with one attached hydrogen (secondary N) is 1. The van der Waals surface area contributed by atoms with Crippen LogP contribution in [0.3, 0.4) is 0 Å². The lowest BCUT2D eigenvalue weighted by Crippen LogP contribution is -2.45. The van der Waals surface area contributed by atoms with Crippen LogP contribution in [0.5, 0.6) is 5.88 Å². The van der Waals surface area contributed by atoms with E-state index in [1.807, 2.05) is 12.1 Å². The molecule has 1 fully saturated rings. The zero-order valence-electron chi connectivity index (χ0n) is 12.3. The molecule has 1 aliphatic carbocycles. The molecule has 0 aliphatic heterocycles. The molecule has 1 aromatic heterocycles. The van der Waals surface area contributed by atoms with Crippen LogP contribution < -0.4 is 15.8 Å². The smallest absolute Gasteiger partial charge is 0.223 e. The van der Waals surface area contributed by atoms with E-state index in [2.05, 4.69) is 10.3 Å². The number of methoxy groups -OCH3 is 1. The highest BCUT2D eigenvalue weighted by molar-refractivity contribution is 5.78. The number of aliphatic hydroxyl groups excluding tert-OH is 1. The minimum Gasteiger partial charge on any atom is -0.481 e. The van der Waals surface area contributed by atoms with Crippen molar-refractivity contribution in [2.45, 2.75) is 37.8 Å². The minimum atomic E-state index is -0.478. The van der Waals surface area contributed by atoms with Crippen molar-refractivity contribution in [3.8, 4) is 5.88 Å². The number of aromatic nitrogens is 1. The molecule has 1 aliphatic rings. The number of carbonyl (C=O) groups excluding carboxylic acids is 1. The summed E-state index contributed by atoms with van der Waals surface area (Å²) in [7, 11) is 1.58. The monoisotopic (exact) mass is 293 g/mol. The van der Waals surface area contributed by atoms with Gasteiger partial charge in [0.25, 0.3) is 0 Å². The first-order valence-corrected chi connectivity index (χ1v) is 7.31. The fourth-order valence-corrected chi connectivity index (χ4v) is 2.69. The molecule has 21 heavy (non-hydrogen) atoms. The lowest BCUT2D eigenvalue weighted by molar-refractivity contribution is -0.126. The highest BCUT2D eigenvalue weighted by atomic mass is 16.5. The Labute approximate surface area is 124 Å². The summed E-state index contributed by atoms with van der Waals surface area (Å²) in [4.78, 5) is 16.2. The topological polar surface area (TPSA) is 97.5 Å². The van der Waals surface area contributed by atoms with Crippen LogP contribution in [0.25, 0.3) is 0 Å². The Morgan fingerprint density at radius 2 is 2.38 bits per heavy atom. The van der Waals surface area contributed by atoms with Crippen molar-refractivity contribution in [2.75, 3.05) is 13.7 Å². The van der Waals surface area contributed by atoms with Gasteiger partial charge in [-0.2, -0.15) is 0 Å². The Morgan fingerprint density at radius 1 is 1.57 bits per heavy atom. The number of nitrogens with zero attached hydrogens (tertiary/aromatic N) is 1. The molecule has 0 aromatic carbocycles. The average Bonchev–Trinajstić information content (AvgIpc) is 2.50. The van der Waals surface area contributed by atoms with Gasteiger partial charge in [-0.3, -0.25) is 4.79 Å². The van der Waals surface area contributed by atoms with Gasteiger partial charge in [0.05, 0.1) is 13.2 Å². The van der Waals surface area contributed by atoms with Gasteiger partial charge in [-0.05, 0) is 31.7 Å². The van der Waals surface area contributed by atoms with Gasteiger partial charge < -0.3 is 20.9 Å². The van der Waals surface area contributed by atoms with Gasteiger partial charge >= 0.3 is 0 Å². The molecule has 0 spiro atoms. The van der Waals surface area contributed by atoms with E-state index in [9.17, 15) is 9.90 Å². The van der Waals surface area contributed by atoms with Crippen LogP contribution >= 0.6 is 0 Å². The zero-order valence-corrected chi connectivity index (χ0v) is 12.3. The van der Waals surface area contributed by atoms with Crippen molar-refractivity contribution in [3.63, 3.8) is 0 Å². The first kappa shape index (κ1) is 15.7. The van der Waals surface area contributed by atoms with Crippen LogP contribution in [0.4, 0.5) is 0 Å². The maximum atomic E-state index is 12.1. The SMILES string of the molecule is COc1ncccc1CCNC(=O)[C@H]1CC[C@@H](O)[C@H](N)C1. The van der Waals surface area contributed by atoms with Crippen LogP contribution in [-0.2, 0) is 11.2 Å². The fraction of sp³-hybridized carbons (Fsp3) is 0.600. The van der Waals surface area contributed by atoms with E-state index >= 15 is 0 Å². The van der Waals surface area contributed by atoms with Crippen molar-refractivity contribution in [2.24, 2.45) is 11.7 Å². The van der Waals surface area contributed by atoms with Crippen molar-refractivity contribution in [1.82, 2.24) is 10.3 Å². The molecule has 116 valence electrons. The normalized spacial score (nSPS) is 25.4. The Kier molecular flexibility index (Phi) is 5.52. The molecule has 0 unspecified atom stereocenters. The molecule has 6 nitrogen and oxygen atoms in total. The van der Waals surface area contributed by atoms with Gasteiger partial charge in [0, 0.05) is 30.3 Å². The standard InChI is InChI=1S/C15H23N3O3/c1-21-15-10(3-2-7-18-15)6-8-17-14(20)11-4-5-13(19)12(16)9-11/h2-3,7,11-13,19H,4-6,8-9,16H2,1H3,(H,17,20)/t11-,12+,13+/m0/s1. The molecule has 6 heteroatoms. The van der Waals surface area contributed by atoms with Crippen LogP contribution in [0.15, 0.2) is 18.3 Å². The summed E-state index contributed by atoms with van der Waals surface area (Å²) in [5.41, 5.74) is 6.78. The summed E-state index contributed by atoms with van der Waals surface area (Å²) >= 11 is 0. The van der Waals surface area contributed by atoms with E-state index in [-0.39, 0.29) is 17.9 Å². The summed E-state index contributed by atoms with van der Waals surface area (Å²) in [6.45, 7) is 0.537. The lowest BCUT2D eigenvalue weighted by Gasteiger charge is -2.30. The molecular formula is C15H23N3O3. The predicted molar refractivity (Wildman–Crippen MR) is 78.8 cm³/mol. The second-order valence-electron chi connectivity index (χ2n) is 5.45. The summed E-state index contributed by atoms with van der Waals surface area (Å²) in [6.07, 6.45) is 3.70. The van der Waals surface area contributed by atoms with E-state index in [0.29, 0.717) is 38.1 Å². The van der Waals surface area contributed by atoms with Gasteiger partial charge in [-0.15, -0.1) is 0 Å². The number of nitrogens with two attached hydrogens (primary N) is 1. The minimum absolute atomic E-state index is 0.0141. The molecule has 0 bridgehead atoms. The Morgan fingerprint density at radius 3 is 3.10 bits per heavy atom. The number of carbonyl (C=O) groups is 1. The molecule has 4 N–H and O–H groups in total. The predicted octanol–water partition coefficient (Wildman–Crippen LogP) is 0.237. The van der Waals surface area contributed by atoms with Crippen molar-refractivity contribution >= 4 is 5.91 Å². The van der Waals surface area contributed by atoms with Crippen molar-refractivity contribution < 1.29 is 14.6 Å². The average molecular weight is 293 g/mol.